The Balaban J connectivity index is 1.98. The summed E-state index contributed by atoms with van der Waals surface area (Å²) in [6.45, 7) is 7.84. The molecule has 1 saturated heterocycles. The minimum atomic E-state index is 0.0547. The molecule has 0 radical (unpaired) electrons. The molecule has 0 bridgehead atoms. The third-order valence-corrected chi connectivity index (χ3v) is 5.62. The monoisotopic (exact) mass is 373 g/mol. The molecule has 2 rings (SSSR count). The minimum Gasteiger partial charge on any atom is -0.483 e. The fourth-order valence-corrected chi connectivity index (χ4v) is 3.18. The van der Waals surface area contributed by atoms with Gasteiger partial charge in [0, 0.05) is 18.1 Å². The number of hydrogen-bond donors (Lipinski definition) is 0. The summed E-state index contributed by atoms with van der Waals surface area (Å²) in [5.74, 6) is 1.44. The summed E-state index contributed by atoms with van der Waals surface area (Å²) in [6, 6.07) is 1.87. The van der Waals surface area contributed by atoms with Gasteiger partial charge in [0.2, 0.25) is 0 Å². The predicted octanol–water partition coefficient (Wildman–Crippen LogP) is 4.36. The Labute approximate surface area is 139 Å². The molecular weight excluding hydrogens is 354 g/mol. The van der Waals surface area contributed by atoms with E-state index >= 15 is 0 Å². The first-order valence-electron chi connectivity index (χ1n) is 7.26. The number of nitrogens with zero attached hydrogens (tertiary/aromatic N) is 1. The van der Waals surface area contributed by atoms with Crippen molar-refractivity contribution < 1.29 is 9.53 Å². The van der Waals surface area contributed by atoms with Gasteiger partial charge in [-0.2, -0.15) is 0 Å². The van der Waals surface area contributed by atoms with Crippen LogP contribution in [0.3, 0.4) is 0 Å². The van der Waals surface area contributed by atoms with Crippen LogP contribution in [0.15, 0.2) is 10.5 Å². The highest BCUT2D eigenvalue weighted by atomic mass is 79.9. The lowest BCUT2D eigenvalue weighted by Gasteiger charge is -2.30. The van der Waals surface area contributed by atoms with Crippen LogP contribution in [-0.2, 0) is 4.79 Å². The van der Waals surface area contributed by atoms with Crippen molar-refractivity contribution in [3.63, 3.8) is 0 Å². The number of likely N-dealkylation sites (tertiary alicyclic amines) is 1. The molecule has 0 unspecified atom stereocenters. The molecule has 1 aromatic carbocycles. The molecule has 1 aromatic rings. The van der Waals surface area contributed by atoms with Crippen molar-refractivity contribution in [3.8, 4) is 5.75 Å². The molecule has 1 aliphatic heterocycles. The van der Waals surface area contributed by atoms with E-state index in [1.807, 2.05) is 24.8 Å². The maximum atomic E-state index is 12.2. The number of ether oxygens (including phenoxy) is 1. The molecule has 1 aliphatic rings. The lowest BCUT2D eigenvalue weighted by atomic mass is 9.99. The Kier molecular flexibility index (Phi) is 5.55. The molecule has 1 fully saturated rings. The molecular formula is C16H21BrClNO2. The van der Waals surface area contributed by atoms with Crippen LogP contribution in [0.25, 0.3) is 0 Å². The van der Waals surface area contributed by atoms with Crippen molar-refractivity contribution in [2.24, 2.45) is 5.92 Å². The summed E-state index contributed by atoms with van der Waals surface area (Å²) in [4.78, 5) is 14.1. The summed E-state index contributed by atoms with van der Waals surface area (Å²) in [5, 5.41) is 0.727. The predicted molar refractivity (Wildman–Crippen MR) is 89.1 cm³/mol. The third-order valence-electron chi connectivity index (χ3n) is 4.06. The Morgan fingerprint density at radius 3 is 2.67 bits per heavy atom. The van der Waals surface area contributed by atoms with Gasteiger partial charge in [-0.15, -0.1) is 0 Å². The van der Waals surface area contributed by atoms with E-state index in [0.717, 1.165) is 46.6 Å². The van der Waals surface area contributed by atoms with Gasteiger partial charge >= 0.3 is 0 Å². The van der Waals surface area contributed by atoms with Crippen LogP contribution in [0.5, 0.6) is 5.75 Å². The smallest absolute Gasteiger partial charge is 0.260 e. The second-order valence-corrected chi connectivity index (χ2v) is 6.97. The quantitative estimate of drug-likeness (QED) is 0.787. The normalized spacial score (nSPS) is 16.1. The van der Waals surface area contributed by atoms with Gasteiger partial charge in [0.1, 0.15) is 5.75 Å². The fraction of sp³-hybridized carbons (Fsp3) is 0.562. The summed E-state index contributed by atoms with van der Waals surface area (Å²) < 4.78 is 6.52. The second kappa shape index (κ2) is 7.01. The van der Waals surface area contributed by atoms with E-state index in [4.69, 9.17) is 16.3 Å². The first kappa shape index (κ1) is 16.6. The van der Waals surface area contributed by atoms with Crippen LogP contribution in [-0.4, -0.2) is 30.5 Å². The van der Waals surface area contributed by atoms with Crippen molar-refractivity contribution in [1.82, 2.24) is 4.90 Å². The van der Waals surface area contributed by atoms with Crippen LogP contribution < -0.4 is 4.74 Å². The van der Waals surface area contributed by atoms with Crippen LogP contribution in [0.1, 0.15) is 30.9 Å². The van der Waals surface area contributed by atoms with Gasteiger partial charge in [0.25, 0.3) is 5.91 Å². The Morgan fingerprint density at radius 1 is 1.43 bits per heavy atom. The van der Waals surface area contributed by atoms with Gasteiger partial charge < -0.3 is 9.64 Å². The van der Waals surface area contributed by atoms with E-state index in [-0.39, 0.29) is 12.5 Å². The highest BCUT2D eigenvalue weighted by molar-refractivity contribution is 9.10. The van der Waals surface area contributed by atoms with E-state index in [1.54, 1.807) is 0 Å². The average molecular weight is 375 g/mol. The summed E-state index contributed by atoms with van der Waals surface area (Å²) in [6.07, 6.45) is 2.16. The standard InChI is InChI=1S/C16H21BrClNO2/c1-10-4-6-19(7-5-10)14(20)9-21-13-8-11(2)16(18)12(3)15(13)17/h8,10H,4-7,9H2,1-3H3. The number of rotatable bonds is 3. The van der Waals surface area contributed by atoms with Crippen molar-refractivity contribution in [3.05, 3.63) is 26.7 Å². The zero-order chi connectivity index (χ0) is 15.6. The summed E-state index contributed by atoms with van der Waals surface area (Å²) >= 11 is 9.68. The SMILES string of the molecule is Cc1cc(OCC(=O)N2CCC(C)CC2)c(Br)c(C)c1Cl. The molecule has 0 spiro atoms. The number of carbonyl (C=O) groups excluding carboxylic acids is 1. The zero-order valence-corrected chi connectivity index (χ0v) is 15.1. The molecule has 0 saturated carbocycles. The van der Waals surface area contributed by atoms with Crippen LogP contribution >= 0.6 is 27.5 Å². The molecule has 3 nitrogen and oxygen atoms in total. The van der Waals surface area contributed by atoms with Gasteiger partial charge in [-0.25, -0.2) is 0 Å². The summed E-state index contributed by atoms with van der Waals surface area (Å²) in [7, 11) is 0. The maximum Gasteiger partial charge on any atom is 0.260 e. The third kappa shape index (κ3) is 3.92. The van der Waals surface area contributed by atoms with Crippen LogP contribution in [0.2, 0.25) is 5.02 Å². The number of piperidine rings is 1. The molecule has 1 amide bonds. The Morgan fingerprint density at radius 2 is 2.05 bits per heavy atom. The number of carbonyl (C=O) groups is 1. The Bertz CT molecular complexity index is 540. The topological polar surface area (TPSA) is 29.5 Å². The number of hydrogen-bond acceptors (Lipinski definition) is 2. The van der Waals surface area contributed by atoms with Crippen LogP contribution in [0.4, 0.5) is 0 Å². The largest absolute Gasteiger partial charge is 0.483 e. The number of benzene rings is 1. The molecule has 116 valence electrons. The molecule has 5 heteroatoms. The average Bonchev–Trinajstić information content (AvgIpc) is 2.48. The highest BCUT2D eigenvalue weighted by Crippen LogP contribution is 2.35. The first-order chi connectivity index (χ1) is 9.90. The van der Waals surface area contributed by atoms with Gasteiger partial charge in [0.05, 0.1) is 4.47 Å². The molecule has 0 aliphatic carbocycles. The van der Waals surface area contributed by atoms with E-state index in [9.17, 15) is 4.79 Å². The van der Waals surface area contributed by atoms with Gasteiger partial charge in [-0.05, 0) is 65.7 Å². The molecule has 1 heterocycles. The lowest BCUT2D eigenvalue weighted by molar-refractivity contribution is -0.134. The maximum absolute atomic E-state index is 12.2. The second-order valence-electron chi connectivity index (χ2n) is 5.80. The van der Waals surface area contributed by atoms with Gasteiger partial charge in [0.15, 0.2) is 6.61 Å². The number of amides is 1. The zero-order valence-electron chi connectivity index (χ0n) is 12.7. The van der Waals surface area contributed by atoms with E-state index in [1.165, 1.54) is 0 Å². The van der Waals surface area contributed by atoms with Gasteiger partial charge in [-0.3, -0.25) is 4.79 Å². The molecule has 0 atom stereocenters. The minimum absolute atomic E-state index is 0.0547. The molecule has 0 N–H and O–H groups in total. The number of halogens is 2. The van der Waals surface area contributed by atoms with Crippen LogP contribution in [0, 0.1) is 19.8 Å². The van der Waals surface area contributed by atoms with Crippen molar-refractivity contribution >= 4 is 33.4 Å². The first-order valence-corrected chi connectivity index (χ1v) is 8.43. The van der Waals surface area contributed by atoms with Crippen molar-refractivity contribution in [2.45, 2.75) is 33.6 Å². The highest BCUT2D eigenvalue weighted by Gasteiger charge is 2.21. The van der Waals surface area contributed by atoms with Crippen molar-refractivity contribution in [2.75, 3.05) is 19.7 Å². The number of aryl methyl sites for hydroxylation is 1. The fourth-order valence-electron chi connectivity index (χ4n) is 2.49. The van der Waals surface area contributed by atoms with E-state index < -0.39 is 0 Å². The van der Waals surface area contributed by atoms with E-state index in [0.29, 0.717) is 11.7 Å². The van der Waals surface area contributed by atoms with Gasteiger partial charge in [-0.1, -0.05) is 18.5 Å². The Hall–Kier alpha value is -0.740. The van der Waals surface area contributed by atoms with Crippen molar-refractivity contribution in [1.29, 1.82) is 0 Å². The van der Waals surface area contributed by atoms with E-state index in [2.05, 4.69) is 22.9 Å². The summed E-state index contributed by atoms with van der Waals surface area (Å²) in [5.41, 5.74) is 1.89. The molecule has 21 heavy (non-hydrogen) atoms. The lowest BCUT2D eigenvalue weighted by Crippen LogP contribution is -2.40. The molecule has 0 aromatic heterocycles.